The Balaban J connectivity index is 1.19. The molecule has 164 valence electrons. The fourth-order valence-corrected chi connectivity index (χ4v) is 4.39. The van der Waals surface area contributed by atoms with Crippen molar-refractivity contribution < 1.29 is 9.59 Å². The highest BCUT2D eigenvalue weighted by Gasteiger charge is 2.27. The van der Waals surface area contributed by atoms with Crippen LogP contribution in [0.5, 0.6) is 0 Å². The highest BCUT2D eigenvalue weighted by Crippen LogP contribution is 2.24. The zero-order valence-corrected chi connectivity index (χ0v) is 17.8. The zero-order valence-electron chi connectivity index (χ0n) is 17.8. The number of H-pyrrole nitrogens is 1. The van der Waals surface area contributed by atoms with E-state index in [1.807, 2.05) is 35.2 Å². The number of nitrogens with one attached hydrogen (secondary N) is 2. The Labute approximate surface area is 185 Å². The Hall–Kier alpha value is -3.48. The summed E-state index contributed by atoms with van der Waals surface area (Å²) in [5, 5.41) is 10.6. The summed E-state index contributed by atoms with van der Waals surface area (Å²) in [4.78, 5) is 39.0. The van der Waals surface area contributed by atoms with Gasteiger partial charge in [0, 0.05) is 30.1 Å². The number of piperidine rings is 1. The van der Waals surface area contributed by atoms with Gasteiger partial charge in [0.2, 0.25) is 0 Å². The van der Waals surface area contributed by atoms with E-state index in [0.717, 1.165) is 32.1 Å². The number of benzene rings is 2. The van der Waals surface area contributed by atoms with Crippen LogP contribution in [-0.4, -0.2) is 46.0 Å². The highest BCUT2D eigenvalue weighted by atomic mass is 16.2. The van der Waals surface area contributed by atoms with Crippen molar-refractivity contribution in [1.82, 2.24) is 20.4 Å². The second kappa shape index (κ2) is 8.57. The molecule has 2 fully saturated rings. The summed E-state index contributed by atoms with van der Waals surface area (Å²) in [6.07, 6.45) is 4.93. The number of amides is 2. The minimum Gasteiger partial charge on any atom is -0.349 e. The number of fused-ring (bicyclic) bond motifs is 1. The van der Waals surface area contributed by atoms with Crippen molar-refractivity contribution in [2.45, 2.75) is 38.1 Å². The maximum Gasteiger partial charge on any atom is 0.274 e. The van der Waals surface area contributed by atoms with E-state index >= 15 is 0 Å². The van der Waals surface area contributed by atoms with Crippen LogP contribution in [0.2, 0.25) is 0 Å². The second-order valence-corrected chi connectivity index (χ2v) is 8.83. The van der Waals surface area contributed by atoms with Crippen LogP contribution in [0.15, 0.2) is 53.3 Å². The first kappa shape index (κ1) is 20.4. The molecule has 5 rings (SSSR count). The van der Waals surface area contributed by atoms with Crippen molar-refractivity contribution in [3.8, 4) is 0 Å². The molecule has 2 amide bonds. The quantitative estimate of drug-likeness (QED) is 0.651. The fraction of sp³-hybridized carbons (Fsp3) is 0.360. The van der Waals surface area contributed by atoms with Gasteiger partial charge in [-0.1, -0.05) is 30.3 Å². The van der Waals surface area contributed by atoms with Gasteiger partial charge in [-0.2, -0.15) is 5.10 Å². The first-order valence-corrected chi connectivity index (χ1v) is 11.2. The van der Waals surface area contributed by atoms with E-state index in [4.69, 9.17) is 0 Å². The molecule has 0 spiro atoms. The van der Waals surface area contributed by atoms with Gasteiger partial charge in [0.25, 0.3) is 17.4 Å². The maximum absolute atomic E-state index is 13.1. The molecular formula is C25H26N4O3. The second-order valence-electron chi connectivity index (χ2n) is 8.83. The van der Waals surface area contributed by atoms with Gasteiger partial charge >= 0.3 is 0 Å². The number of hydrogen-bond donors (Lipinski definition) is 2. The van der Waals surface area contributed by atoms with Crippen molar-refractivity contribution in [3.63, 3.8) is 0 Å². The van der Waals surface area contributed by atoms with E-state index in [9.17, 15) is 14.4 Å². The number of carbonyl (C=O) groups excluding carboxylic acids is 2. The lowest BCUT2D eigenvalue weighted by Crippen LogP contribution is -2.39. The summed E-state index contributed by atoms with van der Waals surface area (Å²) in [7, 11) is 0. The molecule has 1 aliphatic heterocycles. The average Bonchev–Trinajstić information content (AvgIpc) is 3.64. The van der Waals surface area contributed by atoms with Gasteiger partial charge in [-0.3, -0.25) is 14.4 Å². The zero-order chi connectivity index (χ0) is 22.1. The average molecular weight is 431 g/mol. The largest absolute Gasteiger partial charge is 0.349 e. The van der Waals surface area contributed by atoms with Crippen LogP contribution in [0.25, 0.3) is 10.8 Å². The highest BCUT2D eigenvalue weighted by molar-refractivity contribution is 6.04. The Morgan fingerprint density at radius 2 is 1.66 bits per heavy atom. The summed E-state index contributed by atoms with van der Waals surface area (Å²) in [5.74, 6) is 0.363. The molecule has 1 aliphatic carbocycles. The number of carbonyl (C=O) groups is 2. The minimum absolute atomic E-state index is 0.00857. The Morgan fingerprint density at radius 1 is 0.969 bits per heavy atom. The van der Waals surface area contributed by atoms with Crippen LogP contribution < -0.4 is 10.9 Å². The fourth-order valence-electron chi connectivity index (χ4n) is 4.39. The standard InChI is InChI=1S/C25H26N4O3/c30-23(26-19-9-10-19)18-7-5-16(6-8-18)15-17-11-13-29(14-12-17)25(32)22-20-3-1-2-4-21(20)24(31)28-27-22/h1-8,17,19H,9-15H2,(H,26,30)(H,28,31). The summed E-state index contributed by atoms with van der Waals surface area (Å²) < 4.78 is 0. The number of nitrogens with zero attached hydrogens (tertiary/aromatic N) is 2. The summed E-state index contributed by atoms with van der Waals surface area (Å²) in [6.45, 7) is 1.33. The van der Waals surface area contributed by atoms with E-state index in [2.05, 4.69) is 15.5 Å². The van der Waals surface area contributed by atoms with Crippen molar-refractivity contribution >= 4 is 22.6 Å². The normalized spacial score (nSPS) is 16.8. The monoisotopic (exact) mass is 430 g/mol. The van der Waals surface area contributed by atoms with Gasteiger partial charge in [0.1, 0.15) is 0 Å². The van der Waals surface area contributed by atoms with Crippen LogP contribution in [0.3, 0.4) is 0 Å². The van der Waals surface area contributed by atoms with Gasteiger partial charge in [0.05, 0.1) is 5.39 Å². The van der Waals surface area contributed by atoms with E-state index in [-0.39, 0.29) is 17.4 Å². The molecule has 0 unspecified atom stereocenters. The van der Waals surface area contributed by atoms with Gasteiger partial charge in [-0.15, -0.1) is 0 Å². The molecule has 1 saturated heterocycles. The molecule has 0 bridgehead atoms. The lowest BCUT2D eigenvalue weighted by Gasteiger charge is -2.32. The lowest BCUT2D eigenvalue weighted by atomic mass is 9.89. The van der Waals surface area contributed by atoms with E-state index < -0.39 is 0 Å². The third-order valence-electron chi connectivity index (χ3n) is 6.45. The summed E-state index contributed by atoms with van der Waals surface area (Å²) in [6, 6.07) is 15.3. The first-order valence-electron chi connectivity index (χ1n) is 11.2. The number of likely N-dealkylation sites (tertiary alicyclic amines) is 1. The van der Waals surface area contributed by atoms with E-state index in [1.54, 1.807) is 18.2 Å². The molecular weight excluding hydrogens is 404 g/mol. The lowest BCUT2D eigenvalue weighted by molar-refractivity contribution is 0.0685. The molecule has 7 nitrogen and oxygen atoms in total. The number of aromatic nitrogens is 2. The molecule has 0 radical (unpaired) electrons. The van der Waals surface area contributed by atoms with Crippen molar-refractivity contribution in [2.24, 2.45) is 5.92 Å². The molecule has 2 aliphatic rings. The molecule has 1 aromatic heterocycles. The molecule has 1 saturated carbocycles. The van der Waals surface area contributed by atoms with Crippen LogP contribution in [0.4, 0.5) is 0 Å². The van der Waals surface area contributed by atoms with E-state index in [1.165, 1.54) is 5.56 Å². The van der Waals surface area contributed by atoms with Gasteiger partial charge < -0.3 is 10.2 Å². The molecule has 7 heteroatoms. The predicted molar refractivity (Wildman–Crippen MR) is 122 cm³/mol. The summed E-state index contributed by atoms with van der Waals surface area (Å²) in [5.41, 5.74) is 1.94. The molecule has 2 aromatic carbocycles. The molecule has 32 heavy (non-hydrogen) atoms. The van der Waals surface area contributed by atoms with Crippen molar-refractivity contribution in [1.29, 1.82) is 0 Å². The minimum atomic E-state index is -0.285. The molecule has 2 N–H and O–H groups in total. The number of aromatic amines is 1. The molecule has 0 atom stereocenters. The topological polar surface area (TPSA) is 95.2 Å². The summed E-state index contributed by atoms with van der Waals surface area (Å²) >= 11 is 0. The van der Waals surface area contributed by atoms with Gasteiger partial charge in [0.15, 0.2) is 5.69 Å². The van der Waals surface area contributed by atoms with Crippen LogP contribution in [0, 0.1) is 5.92 Å². The first-order chi connectivity index (χ1) is 15.6. The van der Waals surface area contributed by atoms with Gasteiger partial charge in [-0.25, -0.2) is 5.10 Å². The predicted octanol–water partition coefficient (Wildman–Crippen LogP) is 2.91. The SMILES string of the molecule is O=C(NC1CC1)c1ccc(CC2CCN(C(=O)c3n[nH]c(=O)c4ccccc34)CC2)cc1. The third kappa shape index (κ3) is 4.28. The smallest absolute Gasteiger partial charge is 0.274 e. The Kier molecular flexibility index (Phi) is 5.47. The van der Waals surface area contributed by atoms with Crippen molar-refractivity contribution in [3.05, 3.63) is 75.7 Å². The van der Waals surface area contributed by atoms with Gasteiger partial charge in [-0.05, 0) is 61.8 Å². The van der Waals surface area contributed by atoms with Crippen LogP contribution in [0.1, 0.15) is 52.1 Å². The maximum atomic E-state index is 13.1. The number of rotatable bonds is 5. The number of hydrogen-bond acceptors (Lipinski definition) is 4. The Morgan fingerprint density at radius 3 is 2.34 bits per heavy atom. The van der Waals surface area contributed by atoms with Crippen LogP contribution in [-0.2, 0) is 6.42 Å². The van der Waals surface area contributed by atoms with Crippen LogP contribution >= 0.6 is 0 Å². The molecule has 3 aromatic rings. The van der Waals surface area contributed by atoms with E-state index in [0.29, 0.717) is 47.1 Å². The Bertz CT molecular complexity index is 1210. The third-order valence-corrected chi connectivity index (χ3v) is 6.45. The molecule has 2 heterocycles. The van der Waals surface area contributed by atoms with Crippen molar-refractivity contribution in [2.75, 3.05) is 13.1 Å².